The van der Waals surface area contributed by atoms with Crippen molar-refractivity contribution >= 4 is 5.97 Å². The first kappa shape index (κ1) is 17.0. The normalized spacial score (nSPS) is 10.7. The molecule has 4 nitrogen and oxygen atoms in total. The lowest BCUT2D eigenvalue weighted by Gasteiger charge is -2.13. The lowest BCUT2D eigenvalue weighted by atomic mass is 10.1. The fraction of sp³-hybridized carbons (Fsp3) is 0.316. The average molecular weight is 313 g/mol. The zero-order chi connectivity index (χ0) is 16.7. The predicted molar refractivity (Wildman–Crippen MR) is 90.7 cm³/mol. The molecule has 2 rings (SSSR count). The molecule has 4 heteroatoms. The Morgan fingerprint density at radius 2 is 1.91 bits per heavy atom. The SMILES string of the molecule is CC(C)COc1ccccc1CNCc1cccc(C(=O)O)c1. The van der Waals surface area contributed by atoms with E-state index in [1.165, 1.54) is 0 Å². The minimum atomic E-state index is -0.903. The molecule has 122 valence electrons. The first-order valence-corrected chi connectivity index (χ1v) is 7.80. The van der Waals surface area contributed by atoms with Gasteiger partial charge < -0.3 is 15.2 Å². The van der Waals surface area contributed by atoms with Crippen LogP contribution in [0.4, 0.5) is 0 Å². The minimum absolute atomic E-state index is 0.310. The van der Waals surface area contributed by atoms with Gasteiger partial charge in [-0.05, 0) is 29.7 Å². The fourth-order valence-electron chi connectivity index (χ4n) is 2.20. The molecule has 0 aliphatic heterocycles. The Labute approximate surface area is 137 Å². The number of carbonyl (C=O) groups is 1. The zero-order valence-electron chi connectivity index (χ0n) is 13.6. The first-order chi connectivity index (χ1) is 11.1. The summed E-state index contributed by atoms with van der Waals surface area (Å²) in [6, 6.07) is 14.9. The Bertz CT molecular complexity index is 653. The summed E-state index contributed by atoms with van der Waals surface area (Å²) in [4.78, 5) is 11.0. The van der Waals surface area contributed by atoms with Gasteiger partial charge in [-0.1, -0.05) is 44.2 Å². The van der Waals surface area contributed by atoms with Gasteiger partial charge in [0.05, 0.1) is 12.2 Å². The van der Waals surface area contributed by atoms with Crippen LogP contribution in [0.25, 0.3) is 0 Å². The van der Waals surface area contributed by atoms with Crippen molar-refractivity contribution in [3.05, 3.63) is 65.2 Å². The molecule has 0 aliphatic carbocycles. The second kappa shape index (κ2) is 8.34. The Morgan fingerprint density at radius 3 is 2.65 bits per heavy atom. The summed E-state index contributed by atoms with van der Waals surface area (Å²) in [5.41, 5.74) is 2.36. The van der Waals surface area contributed by atoms with Gasteiger partial charge in [-0.2, -0.15) is 0 Å². The van der Waals surface area contributed by atoms with E-state index in [9.17, 15) is 4.79 Å². The molecule has 2 aromatic rings. The summed E-state index contributed by atoms with van der Waals surface area (Å²) < 4.78 is 5.83. The standard InChI is InChI=1S/C19H23NO3/c1-14(2)13-23-18-9-4-3-7-17(18)12-20-11-15-6-5-8-16(10-15)19(21)22/h3-10,14,20H,11-13H2,1-2H3,(H,21,22). The van der Waals surface area contributed by atoms with Gasteiger partial charge in [0.1, 0.15) is 5.75 Å². The van der Waals surface area contributed by atoms with Gasteiger partial charge in [-0.15, -0.1) is 0 Å². The smallest absolute Gasteiger partial charge is 0.335 e. The molecule has 0 heterocycles. The Morgan fingerprint density at radius 1 is 1.13 bits per heavy atom. The summed E-state index contributed by atoms with van der Waals surface area (Å²) in [5.74, 6) is 0.474. The number of hydrogen-bond donors (Lipinski definition) is 2. The molecule has 0 spiro atoms. The third-order valence-electron chi connectivity index (χ3n) is 3.36. The average Bonchev–Trinajstić information content (AvgIpc) is 2.54. The Kier molecular flexibility index (Phi) is 6.18. The third kappa shape index (κ3) is 5.42. The van der Waals surface area contributed by atoms with Crippen molar-refractivity contribution in [2.45, 2.75) is 26.9 Å². The molecule has 0 saturated heterocycles. The molecular weight excluding hydrogens is 290 g/mol. The molecule has 0 atom stereocenters. The molecule has 23 heavy (non-hydrogen) atoms. The predicted octanol–water partition coefficient (Wildman–Crippen LogP) is 3.71. The summed E-state index contributed by atoms with van der Waals surface area (Å²) in [6.45, 7) is 6.22. The molecule has 2 N–H and O–H groups in total. The molecule has 0 aromatic heterocycles. The highest BCUT2D eigenvalue weighted by Crippen LogP contribution is 2.18. The van der Waals surface area contributed by atoms with E-state index in [1.54, 1.807) is 18.2 Å². The number of para-hydroxylation sites is 1. The number of rotatable bonds is 8. The molecule has 0 bridgehead atoms. The van der Waals surface area contributed by atoms with Crippen molar-refractivity contribution in [3.8, 4) is 5.75 Å². The van der Waals surface area contributed by atoms with E-state index >= 15 is 0 Å². The van der Waals surface area contributed by atoms with Crippen molar-refractivity contribution in [2.75, 3.05) is 6.61 Å². The summed E-state index contributed by atoms with van der Waals surface area (Å²) in [5, 5.41) is 12.4. The van der Waals surface area contributed by atoms with Crippen molar-refractivity contribution in [3.63, 3.8) is 0 Å². The van der Waals surface area contributed by atoms with E-state index in [0.717, 1.165) is 16.9 Å². The van der Waals surface area contributed by atoms with Gasteiger partial charge in [-0.25, -0.2) is 4.79 Å². The molecule has 2 aromatic carbocycles. The van der Waals surface area contributed by atoms with Crippen LogP contribution >= 0.6 is 0 Å². The summed E-state index contributed by atoms with van der Waals surface area (Å²) in [7, 11) is 0. The van der Waals surface area contributed by atoms with Crippen LogP contribution in [-0.4, -0.2) is 17.7 Å². The highest BCUT2D eigenvalue weighted by molar-refractivity contribution is 5.87. The molecule has 0 fully saturated rings. The Balaban J connectivity index is 1.93. The van der Waals surface area contributed by atoms with Crippen LogP contribution < -0.4 is 10.1 Å². The van der Waals surface area contributed by atoms with Gasteiger partial charge in [0.2, 0.25) is 0 Å². The van der Waals surface area contributed by atoms with E-state index in [4.69, 9.17) is 9.84 Å². The van der Waals surface area contributed by atoms with E-state index in [0.29, 0.717) is 31.2 Å². The summed E-state index contributed by atoms with van der Waals surface area (Å²) in [6.07, 6.45) is 0. The lowest BCUT2D eigenvalue weighted by Crippen LogP contribution is -2.15. The number of carboxylic acid groups (broad SMARTS) is 1. The van der Waals surface area contributed by atoms with E-state index in [-0.39, 0.29) is 0 Å². The zero-order valence-corrected chi connectivity index (χ0v) is 13.6. The van der Waals surface area contributed by atoms with Crippen LogP contribution in [0, 0.1) is 5.92 Å². The maximum absolute atomic E-state index is 11.0. The number of benzene rings is 2. The van der Waals surface area contributed by atoms with Gasteiger partial charge in [0, 0.05) is 18.7 Å². The number of ether oxygens (including phenoxy) is 1. The van der Waals surface area contributed by atoms with Gasteiger partial charge in [0.25, 0.3) is 0 Å². The number of carboxylic acids is 1. The highest BCUT2D eigenvalue weighted by Gasteiger charge is 2.05. The van der Waals surface area contributed by atoms with Crippen LogP contribution in [0.15, 0.2) is 48.5 Å². The molecule has 0 radical (unpaired) electrons. The maximum Gasteiger partial charge on any atom is 0.335 e. The van der Waals surface area contributed by atoms with E-state index < -0.39 is 5.97 Å². The molecule has 0 amide bonds. The molecular formula is C19H23NO3. The van der Waals surface area contributed by atoms with E-state index in [2.05, 4.69) is 19.2 Å². The molecule has 0 saturated carbocycles. The van der Waals surface area contributed by atoms with Gasteiger partial charge in [-0.3, -0.25) is 0 Å². The summed E-state index contributed by atoms with van der Waals surface area (Å²) >= 11 is 0. The molecule has 0 aliphatic rings. The quantitative estimate of drug-likeness (QED) is 0.780. The number of nitrogens with one attached hydrogen (secondary N) is 1. The van der Waals surface area contributed by atoms with Crippen LogP contribution in [0.3, 0.4) is 0 Å². The van der Waals surface area contributed by atoms with Gasteiger partial charge in [0.15, 0.2) is 0 Å². The number of aromatic carboxylic acids is 1. The second-order valence-electron chi connectivity index (χ2n) is 5.92. The lowest BCUT2D eigenvalue weighted by molar-refractivity contribution is 0.0696. The second-order valence-corrected chi connectivity index (χ2v) is 5.92. The maximum atomic E-state index is 11.0. The van der Waals surface area contributed by atoms with Gasteiger partial charge >= 0.3 is 5.97 Å². The third-order valence-corrected chi connectivity index (χ3v) is 3.36. The van der Waals surface area contributed by atoms with Crippen LogP contribution in [-0.2, 0) is 13.1 Å². The van der Waals surface area contributed by atoms with Crippen molar-refractivity contribution in [1.82, 2.24) is 5.32 Å². The van der Waals surface area contributed by atoms with Crippen LogP contribution in [0.2, 0.25) is 0 Å². The van der Waals surface area contributed by atoms with Crippen LogP contribution in [0.5, 0.6) is 5.75 Å². The van der Waals surface area contributed by atoms with Crippen molar-refractivity contribution in [2.24, 2.45) is 5.92 Å². The largest absolute Gasteiger partial charge is 0.493 e. The highest BCUT2D eigenvalue weighted by atomic mass is 16.5. The monoisotopic (exact) mass is 313 g/mol. The van der Waals surface area contributed by atoms with E-state index in [1.807, 2.05) is 30.3 Å². The minimum Gasteiger partial charge on any atom is -0.493 e. The van der Waals surface area contributed by atoms with Crippen molar-refractivity contribution < 1.29 is 14.6 Å². The van der Waals surface area contributed by atoms with Crippen molar-refractivity contribution in [1.29, 1.82) is 0 Å². The van der Waals surface area contributed by atoms with Crippen LogP contribution in [0.1, 0.15) is 35.3 Å². The molecule has 0 unspecified atom stereocenters. The number of hydrogen-bond acceptors (Lipinski definition) is 3. The fourth-order valence-corrected chi connectivity index (χ4v) is 2.20. The first-order valence-electron chi connectivity index (χ1n) is 7.80. The topological polar surface area (TPSA) is 58.6 Å². The Hall–Kier alpha value is -2.33.